The number of carbonyl (C=O) groups excluding carboxylic acids is 1. The van der Waals surface area contributed by atoms with Crippen LogP contribution in [0.25, 0.3) is 0 Å². The van der Waals surface area contributed by atoms with Crippen molar-refractivity contribution in [3.05, 3.63) is 0 Å². The summed E-state index contributed by atoms with van der Waals surface area (Å²) in [5, 5.41) is 2.94. The largest absolute Gasteiger partial charge is 0.381 e. The smallest absolute Gasteiger partial charge is 0.242 e. The fourth-order valence-corrected chi connectivity index (χ4v) is 2.12. The van der Waals surface area contributed by atoms with E-state index in [2.05, 4.69) is 5.32 Å². The van der Waals surface area contributed by atoms with Gasteiger partial charge in [0, 0.05) is 26.4 Å². The zero-order chi connectivity index (χ0) is 11.4. The van der Waals surface area contributed by atoms with Crippen LogP contribution < -0.4 is 11.1 Å². The Morgan fingerprint density at radius 2 is 2.06 bits per heavy atom. The molecule has 2 saturated heterocycles. The summed E-state index contributed by atoms with van der Waals surface area (Å²) in [6, 6.07) is 0. The van der Waals surface area contributed by atoms with Crippen molar-refractivity contribution < 1.29 is 14.3 Å². The predicted molar refractivity (Wildman–Crippen MR) is 58.9 cm³/mol. The second kappa shape index (κ2) is 5.12. The second-order valence-corrected chi connectivity index (χ2v) is 4.72. The van der Waals surface area contributed by atoms with Crippen molar-refractivity contribution in [2.75, 3.05) is 33.0 Å². The number of rotatable bonds is 3. The van der Waals surface area contributed by atoms with E-state index in [0.717, 1.165) is 26.1 Å². The molecule has 0 bridgehead atoms. The first kappa shape index (κ1) is 11.8. The van der Waals surface area contributed by atoms with Crippen LogP contribution in [0.5, 0.6) is 0 Å². The summed E-state index contributed by atoms with van der Waals surface area (Å²) in [4.78, 5) is 11.9. The summed E-state index contributed by atoms with van der Waals surface area (Å²) in [6.07, 6.45) is 2.66. The molecule has 3 N–H and O–H groups in total. The van der Waals surface area contributed by atoms with Gasteiger partial charge in [0.1, 0.15) is 5.54 Å². The summed E-state index contributed by atoms with van der Waals surface area (Å²) < 4.78 is 10.4. The fourth-order valence-electron chi connectivity index (χ4n) is 2.12. The van der Waals surface area contributed by atoms with Crippen molar-refractivity contribution >= 4 is 5.91 Å². The Morgan fingerprint density at radius 3 is 2.69 bits per heavy atom. The number of nitrogens with two attached hydrogens (primary N) is 1. The average molecular weight is 228 g/mol. The van der Waals surface area contributed by atoms with Gasteiger partial charge in [0.25, 0.3) is 0 Å². The molecule has 0 saturated carbocycles. The molecule has 0 aliphatic carbocycles. The van der Waals surface area contributed by atoms with Gasteiger partial charge in [-0.25, -0.2) is 0 Å². The SMILES string of the molecule is NC1(C(=O)NCC2CCOCC2)CCOC1. The monoisotopic (exact) mass is 228 g/mol. The summed E-state index contributed by atoms with van der Waals surface area (Å²) in [7, 11) is 0. The molecule has 1 amide bonds. The van der Waals surface area contributed by atoms with Crippen LogP contribution in [-0.2, 0) is 14.3 Å². The summed E-state index contributed by atoms with van der Waals surface area (Å²) >= 11 is 0. The Labute approximate surface area is 95.7 Å². The van der Waals surface area contributed by atoms with Gasteiger partial charge in [0.05, 0.1) is 6.61 Å². The highest BCUT2D eigenvalue weighted by molar-refractivity contribution is 5.86. The molecule has 5 nitrogen and oxygen atoms in total. The Hall–Kier alpha value is -0.650. The van der Waals surface area contributed by atoms with Crippen LogP contribution in [0.4, 0.5) is 0 Å². The Kier molecular flexibility index (Phi) is 3.78. The van der Waals surface area contributed by atoms with Gasteiger partial charge in [-0.2, -0.15) is 0 Å². The molecular formula is C11H20N2O3. The normalized spacial score (nSPS) is 31.6. The Morgan fingerprint density at radius 1 is 1.31 bits per heavy atom. The van der Waals surface area contributed by atoms with E-state index in [0.29, 0.717) is 32.1 Å². The zero-order valence-electron chi connectivity index (χ0n) is 9.54. The number of hydrogen-bond donors (Lipinski definition) is 2. The molecule has 0 aromatic heterocycles. The molecule has 2 fully saturated rings. The second-order valence-electron chi connectivity index (χ2n) is 4.72. The standard InChI is InChI=1S/C11H20N2O3/c12-11(3-6-16-8-11)10(14)13-7-9-1-4-15-5-2-9/h9H,1-8,12H2,(H,13,14). The van der Waals surface area contributed by atoms with Crippen LogP contribution >= 0.6 is 0 Å². The third-order valence-electron chi connectivity index (χ3n) is 3.40. The summed E-state index contributed by atoms with van der Waals surface area (Å²) in [6.45, 7) is 3.24. The third kappa shape index (κ3) is 2.72. The minimum Gasteiger partial charge on any atom is -0.381 e. The van der Waals surface area contributed by atoms with E-state index in [9.17, 15) is 4.79 Å². The van der Waals surface area contributed by atoms with Gasteiger partial charge in [-0.15, -0.1) is 0 Å². The van der Waals surface area contributed by atoms with Crippen molar-refractivity contribution in [2.24, 2.45) is 11.7 Å². The highest BCUT2D eigenvalue weighted by Crippen LogP contribution is 2.17. The first-order valence-electron chi connectivity index (χ1n) is 5.93. The highest BCUT2D eigenvalue weighted by atomic mass is 16.5. The maximum absolute atomic E-state index is 11.9. The maximum atomic E-state index is 11.9. The van der Waals surface area contributed by atoms with Gasteiger partial charge in [-0.3, -0.25) is 4.79 Å². The lowest BCUT2D eigenvalue weighted by Gasteiger charge is -2.25. The third-order valence-corrected chi connectivity index (χ3v) is 3.40. The van der Waals surface area contributed by atoms with Crippen LogP contribution in [0, 0.1) is 5.92 Å². The van der Waals surface area contributed by atoms with Crippen molar-refractivity contribution in [3.8, 4) is 0 Å². The van der Waals surface area contributed by atoms with Crippen molar-refractivity contribution in [3.63, 3.8) is 0 Å². The molecule has 2 heterocycles. The molecule has 0 radical (unpaired) electrons. The molecule has 16 heavy (non-hydrogen) atoms. The minimum atomic E-state index is -0.800. The molecule has 2 aliphatic heterocycles. The molecule has 0 spiro atoms. The van der Waals surface area contributed by atoms with Crippen LogP contribution in [0.2, 0.25) is 0 Å². The van der Waals surface area contributed by atoms with E-state index in [-0.39, 0.29) is 5.91 Å². The first-order chi connectivity index (χ1) is 7.71. The predicted octanol–water partition coefficient (Wildman–Crippen LogP) is -0.353. The van der Waals surface area contributed by atoms with E-state index in [1.165, 1.54) is 0 Å². The quantitative estimate of drug-likeness (QED) is 0.692. The van der Waals surface area contributed by atoms with E-state index in [1.54, 1.807) is 0 Å². The van der Waals surface area contributed by atoms with E-state index in [1.807, 2.05) is 0 Å². The zero-order valence-corrected chi connectivity index (χ0v) is 9.54. The van der Waals surface area contributed by atoms with E-state index < -0.39 is 5.54 Å². The van der Waals surface area contributed by atoms with E-state index >= 15 is 0 Å². The molecular weight excluding hydrogens is 208 g/mol. The van der Waals surface area contributed by atoms with Crippen molar-refractivity contribution in [1.82, 2.24) is 5.32 Å². The molecule has 1 unspecified atom stereocenters. The van der Waals surface area contributed by atoms with Gasteiger partial charge in [0.2, 0.25) is 5.91 Å². The lowest BCUT2D eigenvalue weighted by molar-refractivity contribution is -0.126. The molecule has 2 aliphatic rings. The maximum Gasteiger partial charge on any atom is 0.242 e. The van der Waals surface area contributed by atoms with Crippen LogP contribution in [0.3, 0.4) is 0 Å². The Bertz CT molecular complexity index is 246. The molecule has 92 valence electrons. The number of hydrogen-bond acceptors (Lipinski definition) is 4. The van der Waals surface area contributed by atoms with Crippen molar-refractivity contribution in [2.45, 2.75) is 24.8 Å². The molecule has 5 heteroatoms. The van der Waals surface area contributed by atoms with E-state index in [4.69, 9.17) is 15.2 Å². The van der Waals surface area contributed by atoms with Gasteiger partial charge in [-0.1, -0.05) is 0 Å². The Balaban J connectivity index is 1.74. The number of amides is 1. The van der Waals surface area contributed by atoms with Gasteiger partial charge >= 0.3 is 0 Å². The van der Waals surface area contributed by atoms with Crippen LogP contribution in [0.1, 0.15) is 19.3 Å². The first-order valence-corrected chi connectivity index (χ1v) is 5.93. The average Bonchev–Trinajstić information content (AvgIpc) is 2.76. The van der Waals surface area contributed by atoms with Crippen molar-refractivity contribution in [1.29, 1.82) is 0 Å². The lowest BCUT2D eigenvalue weighted by atomic mass is 9.97. The molecule has 2 rings (SSSR count). The topological polar surface area (TPSA) is 73.6 Å². The summed E-state index contributed by atoms with van der Waals surface area (Å²) in [5.74, 6) is 0.458. The molecule has 1 atom stereocenters. The lowest BCUT2D eigenvalue weighted by Crippen LogP contribution is -2.55. The van der Waals surface area contributed by atoms with Crippen LogP contribution in [0.15, 0.2) is 0 Å². The number of ether oxygens (including phenoxy) is 2. The minimum absolute atomic E-state index is 0.0727. The summed E-state index contributed by atoms with van der Waals surface area (Å²) in [5.41, 5.74) is 5.16. The highest BCUT2D eigenvalue weighted by Gasteiger charge is 2.38. The van der Waals surface area contributed by atoms with Gasteiger partial charge in [0.15, 0.2) is 0 Å². The fraction of sp³-hybridized carbons (Fsp3) is 0.909. The molecule has 0 aromatic rings. The van der Waals surface area contributed by atoms with Gasteiger partial charge in [-0.05, 0) is 25.2 Å². The molecule has 0 aromatic carbocycles. The van der Waals surface area contributed by atoms with Crippen LogP contribution in [-0.4, -0.2) is 44.4 Å². The van der Waals surface area contributed by atoms with Gasteiger partial charge < -0.3 is 20.5 Å². The number of carbonyl (C=O) groups is 1. The number of nitrogens with one attached hydrogen (secondary N) is 1.